The fraction of sp³-hybridized carbons (Fsp3) is 0.120. The van der Waals surface area contributed by atoms with Crippen molar-refractivity contribution in [2.75, 3.05) is 11.4 Å². The standard InChI is InChI=1S/C25H23ClN2O2/c1-2-15-27-24(29)17-20-9-6-10-23(16-20)28(18-19-7-4-3-5-8-19)25(30)21-11-13-22(26)14-12-21/h2-14,16H,1,15,17-18H2,(H,27,29). The molecule has 0 radical (unpaired) electrons. The maximum atomic E-state index is 13.3. The fourth-order valence-corrected chi connectivity index (χ4v) is 3.19. The molecule has 3 aromatic carbocycles. The van der Waals surface area contributed by atoms with Crippen molar-refractivity contribution in [2.24, 2.45) is 0 Å². The van der Waals surface area contributed by atoms with E-state index in [1.54, 1.807) is 35.2 Å². The molecule has 3 rings (SSSR count). The van der Waals surface area contributed by atoms with Crippen LogP contribution in [0.3, 0.4) is 0 Å². The van der Waals surface area contributed by atoms with Crippen molar-refractivity contribution >= 4 is 29.1 Å². The molecule has 0 saturated carbocycles. The lowest BCUT2D eigenvalue weighted by Crippen LogP contribution is -2.30. The number of nitrogens with zero attached hydrogens (tertiary/aromatic N) is 1. The predicted octanol–water partition coefficient (Wildman–Crippen LogP) is 5.03. The fourth-order valence-electron chi connectivity index (χ4n) is 3.06. The van der Waals surface area contributed by atoms with Crippen LogP contribution in [0.4, 0.5) is 5.69 Å². The van der Waals surface area contributed by atoms with E-state index in [1.807, 2.05) is 54.6 Å². The normalized spacial score (nSPS) is 10.3. The minimum Gasteiger partial charge on any atom is -0.352 e. The maximum absolute atomic E-state index is 13.3. The van der Waals surface area contributed by atoms with E-state index in [1.165, 1.54) is 0 Å². The summed E-state index contributed by atoms with van der Waals surface area (Å²) in [5, 5.41) is 3.35. The monoisotopic (exact) mass is 418 g/mol. The molecule has 5 heteroatoms. The lowest BCUT2D eigenvalue weighted by molar-refractivity contribution is -0.120. The number of amides is 2. The Kier molecular flexibility index (Phi) is 7.41. The van der Waals surface area contributed by atoms with Crippen LogP contribution >= 0.6 is 11.6 Å². The minimum atomic E-state index is -0.135. The molecule has 0 heterocycles. The first-order valence-electron chi connectivity index (χ1n) is 9.64. The highest BCUT2D eigenvalue weighted by molar-refractivity contribution is 6.30. The molecule has 152 valence electrons. The molecule has 2 amide bonds. The second-order valence-electron chi connectivity index (χ2n) is 6.82. The molecule has 0 aromatic heterocycles. The Bertz CT molecular complexity index is 1020. The molecule has 1 N–H and O–H groups in total. The van der Waals surface area contributed by atoms with Gasteiger partial charge in [0, 0.05) is 22.8 Å². The Labute approximate surface area is 181 Å². The highest BCUT2D eigenvalue weighted by atomic mass is 35.5. The van der Waals surface area contributed by atoms with Gasteiger partial charge in [0.05, 0.1) is 13.0 Å². The summed E-state index contributed by atoms with van der Waals surface area (Å²) >= 11 is 5.98. The molecule has 0 aliphatic carbocycles. The quantitative estimate of drug-likeness (QED) is 0.521. The van der Waals surface area contributed by atoms with E-state index < -0.39 is 0 Å². The third kappa shape index (κ3) is 5.82. The number of nitrogens with one attached hydrogen (secondary N) is 1. The molecule has 30 heavy (non-hydrogen) atoms. The Hall–Kier alpha value is -3.37. The summed E-state index contributed by atoms with van der Waals surface area (Å²) in [5.74, 6) is -0.227. The molecule has 0 unspecified atom stereocenters. The number of hydrogen-bond donors (Lipinski definition) is 1. The second kappa shape index (κ2) is 10.4. The van der Waals surface area contributed by atoms with E-state index in [9.17, 15) is 9.59 Å². The van der Waals surface area contributed by atoms with Crippen LogP contribution in [0, 0.1) is 0 Å². The Balaban J connectivity index is 1.90. The molecule has 4 nitrogen and oxygen atoms in total. The van der Waals surface area contributed by atoms with Gasteiger partial charge in [0.15, 0.2) is 0 Å². The zero-order chi connectivity index (χ0) is 21.3. The van der Waals surface area contributed by atoms with Crippen molar-refractivity contribution in [3.05, 3.63) is 113 Å². The second-order valence-corrected chi connectivity index (χ2v) is 7.26. The smallest absolute Gasteiger partial charge is 0.258 e. The van der Waals surface area contributed by atoms with Crippen LogP contribution in [0.25, 0.3) is 0 Å². The van der Waals surface area contributed by atoms with Crippen LogP contribution in [0.5, 0.6) is 0 Å². The van der Waals surface area contributed by atoms with Crippen LogP contribution in [0.15, 0.2) is 91.5 Å². The van der Waals surface area contributed by atoms with Crippen LogP contribution in [-0.2, 0) is 17.8 Å². The molecule has 0 saturated heterocycles. The molecular weight excluding hydrogens is 396 g/mol. The Morgan fingerprint density at radius 2 is 1.63 bits per heavy atom. The van der Waals surface area contributed by atoms with E-state index in [2.05, 4.69) is 11.9 Å². The van der Waals surface area contributed by atoms with Gasteiger partial charge < -0.3 is 10.2 Å². The average Bonchev–Trinajstić information content (AvgIpc) is 2.77. The molecule has 0 aliphatic heterocycles. The number of carbonyl (C=O) groups excluding carboxylic acids is 2. The molecule has 0 spiro atoms. The number of hydrogen-bond acceptors (Lipinski definition) is 2. The van der Waals surface area contributed by atoms with Gasteiger partial charge in [-0.25, -0.2) is 0 Å². The van der Waals surface area contributed by atoms with E-state index in [0.29, 0.717) is 23.7 Å². The van der Waals surface area contributed by atoms with Gasteiger partial charge in [0.1, 0.15) is 0 Å². The molecule has 0 bridgehead atoms. The first-order chi connectivity index (χ1) is 14.6. The zero-order valence-corrected chi connectivity index (χ0v) is 17.3. The average molecular weight is 419 g/mol. The Morgan fingerprint density at radius 3 is 2.33 bits per heavy atom. The Morgan fingerprint density at radius 1 is 0.933 bits per heavy atom. The van der Waals surface area contributed by atoms with Gasteiger partial charge in [0.25, 0.3) is 5.91 Å². The summed E-state index contributed by atoms with van der Waals surface area (Å²) < 4.78 is 0. The molecular formula is C25H23ClN2O2. The van der Waals surface area contributed by atoms with Crippen LogP contribution in [0.2, 0.25) is 5.02 Å². The number of benzene rings is 3. The van der Waals surface area contributed by atoms with Gasteiger partial charge >= 0.3 is 0 Å². The molecule has 0 atom stereocenters. The number of carbonyl (C=O) groups is 2. The van der Waals surface area contributed by atoms with Crippen LogP contribution in [-0.4, -0.2) is 18.4 Å². The zero-order valence-electron chi connectivity index (χ0n) is 16.6. The van der Waals surface area contributed by atoms with Gasteiger partial charge in [0.2, 0.25) is 5.91 Å². The first kappa shape index (κ1) is 21.3. The van der Waals surface area contributed by atoms with E-state index in [-0.39, 0.29) is 18.2 Å². The lowest BCUT2D eigenvalue weighted by Gasteiger charge is -2.24. The molecule has 0 fully saturated rings. The third-order valence-electron chi connectivity index (χ3n) is 4.55. The number of rotatable bonds is 8. The van der Waals surface area contributed by atoms with Gasteiger partial charge in [-0.1, -0.05) is 60.1 Å². The van der Waals surface area contributed by atoms with Crippen molar-refractivity contribution in [1.82, 2.24) is 5.32 Å². The van der Waals surface area contributed by atoms with Crippen molar-refractivity contribution in [1.29, 1.82) is 0 Å². The van der Waals surface area contributed by atoms with Crippen molar-refractivity contribution in [2.45, 2.75) is 13.0 Å². The van der Waals surface area contributed by atoms with Crippen molar-refractivity contribution in [3.63, 3.8) is 0 Å². The number of halogens is 1. The summed E-state index contributed by atoms with van der Waals surface area (Å²) in [5.41, 5.74) is 3.11. The third-order valence-corrected chi connectivity index (χ3v) is 4.80. The summed E-state index contributed by atoms with van der Waals surface area (Å²) in [6.45, 7) is 4.44. The van der Waals surface area contributed by atoms with E-state index in [4.69, 9.17) is 11.6 Å². The van der Waals surface area contributed by atoms with E-state index in [0.717, 1.165) is 16.8 Å². The van der Waals surface area contributed by atoms with Gasteiger partial charge in [-0.05, 0) is 47.5 Å². The minimum absolute atomic E-state index is 0.0920. The lowest BCUT2D eigenvalue weighted by atomic mass is 10.1. The SMILES string of the molecule is C=CCNC(=O)Cc1cccc(N(Cc2ccccc2)C(=O)c2ccc(Cl)cc2)c1. The topological polar surface area (TPSA) is 49.4 Å². The van der Waals surface area contributed by atoms with E-state index >= 15 is 0 Å². The van der Waals surface area contributed by atoms with Gasteiger partial charge in [-0.2, -0.15) is 0 Å². The first-order valence-corrected chi connectivity index (χ1v) is 10.0. The van der Waals surface area contributed by atoms with Crippen LogP contribution < -0.4 is 10.2 Å². The number of anilines is 1. The highest BCUT2D eigenvalue weighted by Gasteiger charge is 2.19. The summed E-state index contributed by atoms with van der Waals surface area (Å²) in [7, 11) is 0. The van der Waals surface area contributed by atoms with Gasteiger partial charge in [-0.15, -0.1) is 6.58 Å². The summed E-state index contributed by atoms with van der Waals surface area (Å²) in [6.07, 6.45) is 1.87. The van der Waals surface area contributed by atoms with Crippen molar-refractivity contribution < 1.29 is 9.59 Å². The molecule has 0 aliphatic rings. The summed E-state index contributed by atoms with van der Waals surface area (Å²) in [6, 6.07) is 24.1. The van der Waals surface area contributed by atoms with Crippen molar-refractivity contribution in [3.8, 4) is 0 Å². The summed E-state index contributed by atoms with van der Waals surface area (Å²) in [4.78, 5) is 27.1. The predicted molar refractivity (Wildman–Crippen MR) is 122 cm³/mol. The molecule has 3 aromatic rings. The largest absolute Gasteiger partial charge is 0.352 e. The maximum Gasteiger partial charge on any atom is 0.258 e. The van der Waals surface area contributed by atoms with Crippen LogP contribution in [0.1, 0.15) is 21.5 Å². The highest BCUT2D eigenvalue weighted by Crippen LogP contribution is 2.23. The van der Waals surface area contributed by atoms with Gasteiger partial charge in [-0.3, -0.25) is 9.59 Å².